The summed E-state index contributed by atoms with van der Waals surface area (Å²) in [6.07, 6.45) is 4.18. The van der Waals surface area contributed by atoms with E-state index in [1.807, 2.05) is 0 Å². The maximum Gasteiger partial charge on any atom is 0.306 e. The quantitative estimate of drug-likeness (QED) is 0.613. The van der Waals surface area contributed by atoms with Crippen molar-refractivity contribution >= 4 is 5.97 Å². The molecule has 0 heterocycles. The van der Waals surface area contributed by atoms with Crippen molar-refractivity contribution in [2.45, 2.75) is 39.5 Å². The van der Waals surface area contributed by atoms with Gasteiger partial charge in [0.2, 0.25) is 0 Å². The zero-order chi connectivity index (χ0) is 7.98. The van der Waals surface area contributed by atoms with E-state index in [9.17, 15) is 4.79 Å². The van der Waals surface area contributed by atoms with E-state index in [2.05, 4.69) is 6.92 Å². The van der Waals surface area contributed by atoms with Crippen molar-refractivity contribution < 1.29 is 26.3 Å². The summed E-state index contributed by atoms with van der Waals surface area (Å²) in [4.78, 5) is 10.3. The Morgan fingerprint density at radius 1 is 1.23 bits per heavy atom. The van der Waals surface area contributed by atoms with E-state index in [0.29, 0.717) is 0 Å². The highest BCUT2D eigenvalue weighted by Crippen LogP contribution is 2.08. The van der Waals surface area contributed by atoms with Gasteiger partial charge in [-0.05, 0) is 6.42 Å². The molecule has 0 aromatic heterocycles. The number of hydrogen-bond donors (Lipinski definition) is 1. The summed E-state index contributed by atoms with van der Waals surface area (Å²) in [6.45, 7) is 3.88. The third-order valence-corrected chi connectivity index (χ3v) is 1.66. The lowest BCUT2D eigenvalue weighted by Gasteiger charge is -2.03. The van der Waals surface area contributed by atoms with Crippen molar-refractivity contribution in [1.82, 2.24) is 0 Å². The van der Waals surface area contributed by atoms with Crippen LogP contribution in [0.4, 0.5) is 0 Å². The molecule has 0 aliphatic rings. The number of rotatable bonds is 5. The Kier molecular flexibility index (Phi) is 24.4. The molecule has 13 heavy (non-hydrogen) atoms. The van der Waals surface area contributed by atoms with Gasteiger partial charge >= 0.3 is 5.97 Å². The summed E-state index contributed by atoms with van der Waals surface area (Å²) < 4.78 is 0. The van der Waals surface area contributed by atoms with Crippen molar-refractivity contribution in [3.8, 4) is 0 Å². The normalized spacial score (nSPS) is 10.0. The maximum atomic E-state index is 10.3. The van der Waals surface area contributed by atoms with Gasteiger partial charge in [-0.15, -0.1) is 0 Å². The van der Waals surface area contributed by atoms with Crippen LogP contribution in [0.15, 0.2) is 0 Å². The third kappa shape index (κ3) is 14.2. The highest BCUT2D eigenvalue weighted by Gasteiger charge is 2.08. The first kappa shape index (κ1) is 22.8. The summed E-state index contributed by atoms with van der Waals surface area (Å²) >= 11 is 0. The number of carboxylic acid groups (broad SMARTS) is 1. The summed E-state index contributed by atoms with van der Waals surface area (Å²) in [5.74, 6) is -0.831. The molecule has 5 heteroatoms. The zero-order valence-corrected chi connectivity index (χ0v) is 8.26. The van der Waals surface area contributed by atoms with Gasteiger partial charge in [-0.2, -0.15) is 0 Å². The first-order valence-corrected chi connectivity index (χ1v) is 3.91. The highest BCUT2D eigenvalue weighted by molar-refractivity contribution is 5.69. The average molecular weight is 198 g/mol. The van der Waals surface area contributed by atoms with Crippen molar-refractivity contribution in [2.24, 2.45) is 5.92 Å². The molecular weight excluding hydrogens is 176 g/mol. The monoisotopic (exact) mass is 198 g/mol. The summed E-state index contributed by atoms with van der Waals surface area (Å²) in [7, 11) is 0. The molecule has 84 valence electrons. The number of unbranched alkanes of at least 4 members (excludes halogenated alkanes) is 2. The molecule has 0 aliphatic carbocycles. The Balaban J connectivity index is -0.000000135. The van der Waals surface area contributed by atoms with Crippen LogP contribution in [0.1, 0.15) is 39.5 Å². The second kappa shape index (κ2) is 13.9. The van der Waals surface area contributed by atoms with E-state index in [4.69, 9.17) is 5.11 Å². The van der Waals surface area contributed by atoms with Crippen molar-refractivity contribution in [2.75, 3.05) is 0 Å². The molecule has 5 nitrogen and oxygen atoms in total. The van der Waals surface area contributed by atoms with Crippen LogP contribution < -0.4 is 0 Å². The fraction of sp³-hybridized carbons (Fsp3) is 0.875. The van der Waals surface area contributed by atoms with Gasteiger partial charge in [-0.1, -0.05) is 33.1 Å². The summed E-state index contributed by atoms with van der Waals surface area (Å²) in [6, 6.07) is 0. The van der Waals surface area contributed by atoms with Gasteiger partial charge in [-0.25, -0.2) is 0 Å². The number of carboxylic acids is 1. The SMILES string of the molecule is CCCCCC(C)C(=O)O.O.O.O. The zero-order valence-electron chi connectivity index (χ0n) is 8.26. The second-order valence-electron chi connectivity index (χ2n) is 2.74. The molecule has 0 fully saturated rings. The topological polar surface area (TPSA) is 132 Å². The Bertz CT molecular complexity index is 105. The van der Waals surface area contributed by atoms with E-state index in [1.54, 1.807) is 6.92 Å². The third-order valence-electron chi connectivity index (χ3n) is 1.66. The molecule has 0 aromatic rings. The Hall–Kier alpha value is -0.650. The van der Waals surface area contributed by atoms with E-state index < -0.39 is 5.97 Å². The molecule has 0 aliphatic heterocycles. The molecule has 0 bridgehead atoms. The molecule has 0 radical (unpaired) electrons. The van der Waals surface area contributed by atoms with E-state index in [-0.39, 0.29) is 22.3 Å². The predicted molar refractivity (Wildman–Crippen MR) is 51.8 cm³/mol. The molecule has 0 spiro atoms. The van der Waals surface area contributed by atoms with Gasteiger partial charge in [-0.3, -0.25) is 4.79 Å². The van der Waals surface area contributed by atoms with Gasteiger partial charge < -0.3 is 21.5 Å². The van der Waals surface area contributed by atoms with Gasteiger partial charge in [0.05, 0.1) is 5.92 Å². The minimum atomic E-state index is -0.670. The molecule has 0 saturated carbocycles. The van der Waals surface area contributed by atoms with Crippen molar-refractivity contribution in [3.05, 3.63) is 0 Å². The van der Waals surface area contributed by atoms with E-state index in [1.165, 1.54) is 0 Å². The Labute approximate surface area is 78.7 Å². The molecule has 1 unspecified atom stereocenters. The van der Waals surface area contributed by atoms with Crippen molar-refractivity contribution in [3.63, 3.8) is 0 Å². The van der Waals surface area contributed by atoms with Gasteiger partial charge in [0.25, 0.3) is 0 Å². The van der Waals surface area contributed by atoms with Crippen LogP contribution in [0.5, 0.6) is 0 Å². The molecule has 7 N–H and O–H groups in total. The van der Waals surface area contributed by atoms with Gasteiger partial charge in [0, 0.05) is 0 Å². The molecule has 0 aromatic carbocycles. The Morgan fingerprint density at radius 3 is 2.00 bits per heavy atom. The largest absolute Gasteiger partial charge is 0.481 e. The first-order valence-electron chi connectivity index (χ1n) is 3.91. The minimum absolute atomic E-state index is 0. The molecule has 0 amide bonds. The summed E-state index contributed by atoms with van der Waals surface area (Å²) in [5, 5.41) is 8.48. The second-order valence-corrected chi connectivity index (χ2v) is 2.74. The van der Waals surface area contributed by atoms with E-state index >= 15 is 0 Å². The van der Waals surface area contributed by atoms with Gasteiger partial charge in [0.15, 0.2) is 0 Å². The molecular formula is C8H22O5. The lowest BCUT2D eigenvalue weighted by molar-refractivity contribution is -0.141. The first-order chi connectivity index (χ1) is 4.68. The van der Waals surface area contributed by atoms with Crippen molar-refractivity contribution in [1.29, 1.82) is 0 Å². The lowest BCUT2D eigenvalue weighted by Crippen LogP contribution is -2.08. The average Bonchev–Trinajstić information content (AvgIpc) is 1.88. The number of aliphatic carboxylic acids is 1. The standard InChI is InChI=1S/C8H16O2.3H2O/c1-3-4-5-6-7(2)8(9)10;;;/h7H,3-6H2,1-2H3,(H,9,10);3*1H2. The minimum Gasteiger partial charge on any atom is -0.481 e. The fourth-order valence-electron chi connectivity index (χ4n) is 0.824. The Morgan fingerprint density at radius 2 is 1.69 bits per heavy atom. The van der Waals surface area contributed by atoms with E-state index in [0.717, 1.165) is 25.7 Å². The van der Waals surface area contributed by atoms with Crippen LogP contribution in [-0.2, 0) is 4.79 Å². The smallest absolute Gasteiger partial charge is 0.306 e. The maximum absolute atomic E-state index is 10.3. The molecule has 1 atom stereocenters. The van der Waals surface area contributed by atoms with Crippen LogP contribution in [0.2, 0.25) is 0 Å². The van der Waals surface area contributed by atoms with Crippen LogP contribution in [0.25, 0.3) is 0 Å². The molecule has 0 rings (SSSR count). The summed E-state index contributed by atoms with van der Waals surface area (Å²) in [5.41, 5.74) is 0. The van der Waals surface area contributed by atoms with Crippen LogP contribution in [-0.4, -0.2) is 27.5 Å². The van der Waals surface area contributed by atoms with Crippen LogP contribution in [0.3, 0.4) is 0 Å². The number of carbonyl (C=O) groups is 1. The van der Waals surface area contributed by atoms with Crippen LogP contribution >= 0.6 is 0 Å². The van der Waals surface area contributed by atoms with Crippen LogP contribution in [0, 0.1) is 5.92 Å². The molecule has 0 saturated heterocycles. The fourth-order valence-corrected chi connectivity index (χ4v) is 0.824. The predicted octanol–water partition coefficient (Wildman–Crippen LogP) is -0.187. The highest BCUT2D eigenvalue weighted by atomic mass is 16.4. The number of hydrogen-bond acceptors (Lipinski definition) is 1. The lowest BCUT2D eigenvalue weighted by atomic mass is 10.0. The van der Waals surface area contributed by atoms with Gasteiger partial charge in [0.1, 0.15) is 0 Å².